The van der Waals surface area contributed by atoms with Crippen LogP contribution in [0.2, 0.25) is 0 Å². The second-order valence-electron chi connectivity index (χ2n) is 3.82. The maximum atomic E-state index is 5.35. The molecule has 0 aliphatic heterocycles. The minimum Gasteiger partial charge on any atom is -0.252 e. The lowest BCUT2D eigenvalue weighted by atomic mass is 10.2. The van der Waals surface area contributed by atoms with E-state index in [9.17, 15) is 0 Å². The van der Waals surface area contributed by atoms with Crippen molar-refractivity contribution in [2.75, 3.05) is 7.05 Å². The third-order valence-electron chi connectivity index (χ3n) is 2.37. The number of thioether (sulfide) groups is 1. The number of hydrogen-bond acceptors (Lipinski definition) is 4. The predicted octanol–water partition coefficient (Wildman–Crippen LogP) is 4.23. The van der Waals surface area contributed by atoms with Crippen LogP contribution in [0.5, 0.6) is 0 Å². The van der Waals surface area contributed by atoms with Gasteiger partial charge in [0.2, 0.25) is 0 Å². The monoisotopic (exact) mass is 306 g/mol. The highest BCUT2D eigenvalue weighted by Gasteiger charge is 2.03. The van der Waals surface area contributed by atoms with Crippen LogP contribution in [-0.2, 0) is 5.75 Å². The van der Waals surface area contributed by atoms with Crippen molar-refractivity contribution < 1.29 is 0 Å². The SMILES string of the molecule is CN(/N=C/c1cccs1)C(=S)SCc1ccccc1. The third kappa shape index (κ3) is 4.78. The third-order valence-corrected chi connectivity index (χ3v) is 4.78. The second kappa shape index (κ2) is 7.43. The lowest BCUT2D eigenvalue weighted by Gasteiger charge is -2.12. The lowest BCUT2D eigenvalue weighted by Crippen LogP contribution is -2.15. The van der Waals surface area contributed by atoms with Gasteiger partial charge in [-0.2, -0.15) is 5.10 Å². The van der Waals surface area contributed by atoms with Gasteiger partial charge in [-0.25, -0.2) is 0 Å². The predicted molar refractivity (Wildman–Crippen MR) is 90.0 cm³/mol. The maximum absolute atomic E-state index is 5.35. The number of benzene rings is 1. The summed E-state index contributed by atoms with van der Waals surface area (Å²) in [5.41, 5.74) is 1.27. The normalized spacial score (nSPS) is 10.8. The Morgan fingerprint density at radius 2 is 2.11 bits per heavy atom. The molecule has 2 aromatic rings. The van der Waals surface area contributed by atoms with Crippen molar-refractivity contribution in [1.29, 1.82) is 0 Å². The molecule has 1 heterocycles. The Hall–Kier alpha value is -1.17. The van der Waals surface area contributed by atoms with Crippen LogP contribution in [0.25, 0.3) is 0 Å². The molecule has 0 bridgehead atoms. The van der Waals surface area contributed by atoms with Crippen LogP contribution in [0.4, 0.5) is 0 Å². The number of thiophene rings is 1. The van der Waals surface area contributed by atoms with Gasteiger partial charge in [0.05, 0.1) is 6.21 Å². The summed E-state index contributed by atoms with van der Waals surface area (Å²) in [5.74, 6) is 0.874. The van der Waals surface area contributed by atoms with E-state index in [1.807, 2.05) is 49.0 Å². The quantitative estimate of drug-likeness (QED) is 0.477. The van der Waals surface area contributed by atoms with Crippen molar-refractivity contribution in [3.05, 3.63) is 58.3 Å². The molecular formula is C14H14N2S3. The molecule has 0 atom stereocenters. The van der Waals surface area contributed by atoms with E-state index in [0.29, 0.717) is 0 Å². The van der Waals surface area contributed by atoms with Crippen LogP contribution < -0.4 is 0 Å². The molecule has 0 aliphatic carbocycles. The average molecular weight is 306 g/mol. The van der Waals surface area contributed by atoms with Gasteiger partial charge in [-0.3, -0.25) is 5.01 Å². The Labute approximate surface area is 127 Å². The highest BCUT2D eigenvalue weighted by Crippen LogP contribution is 2.16. The molecule has 2 rings (SSSR count). The van der Waals surface area contributed by atoms with E-state index in [1.54, 1.807) is 28.1 Å². The first kappa shape index (κ1) is 14.2. The zero-order chi connectivity index (χ0) is 13.5. The summed E-state index contributed by atoms with van der Waals surface area (Å²) in [6.07, 6.45) is 1.83. The molecule has 2 nitrogen and oxygen atoms in total. The van der Waals surface area contributed by atoms with Crippen LogP contribution in [0, 0.1) is 0 Å². The molecule has 0 amide bonds. The molecular weight excluding hydrogens is 292 g/mol. The van der Waals surface area contributed by atoms with Crippen LogP contribution >= 0.6 is 35.3 Å². The summed E-state index contributed by atoms with van der Waals surface area (Å²) >= 11 is 8.63. The standard InChI is InChI=1S/C14H14N2S3/c1-16(15-10-13-8-5-9-18-13)14(17)19-11-12-6-3-2-4-7-12/h2-10H,11H2,1H3/b15-10+. The van der Waals surface area contributed by atoms with Gasteiger partial charge in [-0.15, -0.1) is 11.3 Å². The number of thiocarbonyl (C=S) groups is 1. The van der Waals surface area contributed by atoms with Gasteiger partial charge in [0.15, 0.2) is 4.32 Å². The van der Waals surface area contributed by atoms with E-state index >= 15 is 0 Å². The molecule has 5 heteroatoms. The molecule has 98 valence electrons. The van der Waals surface area contributed by atoms with Gasteiger partial charge in [-0.1, -0.05) is 60.4 Å². The summed E-state index contributed by atoms with van der Waals surface area (Å²) in [5, 5.41) is 8.11. The second-order valence-corrected chi connectivity index (χ2v) is 6.41. The first-order valence-corrected chi connectivity index (χ1v) is 8.05. The van der Waals surface area contributed by atoms with Crippen LogP contribution in [0.3, 0.4) is 0 Å². The first-order valence-electron chi connectivity index (χ1n) is 5.77. The molecule has 0 radical (unpaired) electrons. The Kier molecular flexibility index (Phi) is 5.57. The Balaban J connectivity index is 1.83. The summed E-state index contributed by atoms with van der Waals surface area (Å²) in [4.78, 5) is 1.13. The van der Waals surface area contributed by atoms with Gasteiger partial charge < -0.3 is 0 Å². The smallest absolute Gasteiger partial charge is 0.156 e. The minimum absolute atomic E-state index is 0.775. The van der Waals surface area contributed by atoms with Gasteiger partial charge in [0.1, 0.15) is 0 Å². The van der Waals surface area contributed by atoms with Crippen LogP contribution in [0.1, 0.15) is 10.4 Å². The first-order chi connectivity index (χ1) is 9.25. The van der Waals surface area contributed by atoms with Crippen molar-refractivity contribution in [3.8, 4) is 0 Å². The van der Waals surface area contributed by atoms with Crippen molar-refractivity contribution in [2.45, 2.75) is 5.75 Å². The van der Waals surface area contributed by atoms with E-state index in [2.05, 4.69) is 17.2 Å². The number of hydrogen-bond donors (Lipinski definition) is 0. The molecule has 1 aromatic carbocycles. The van der Waals surface area contributed by atoms with Crippen molar-refractivity contribution in [3.63, 3.8) is 0 Å². The summed E-state index contributed by atoms with van der Waals surface area (Å²) in [6.45, 7) is 0. The topological polar surface area (TPSA) is 15.6 Å². The number of nitrogens with zero attached hydrogens (tertiary/aromatic N) is 2. The maximum Gasteiger partial charge on any atom is 0.156 e. The summed E-state index contributed by atoms with van der Waals surface area (Å²) in [6, 6.07) is 14.3. The fourth-order valence-electron chi connectivity index (χ4n) is 1.37. The Morgan fingerprint density at radius 1 is 1.32 bits per heavy atom. The van der Waals surface area contributed by atoms with E-state index < -0.39 is 0 Å². The number of hydrazone groups is 1. The van der Waals surface area contributed by atoms with Crippen LogP contribution in [0.15, 0.2) is 52.9 Å². The van der Waals surface area contributed by atoms with Gasteiger partial charge in [0.25, 0.3) is 0 Å². The molecule has 0 fully saturated rings. The van der Waals surface area contributed by atoms with E-state index in [-0.39, 0.29) is 0 Å². The molecule has 0 aliphatic rings. The number of rotatable bonds is 4. The Bertz CT molecular complexity index is 535. The van der Waals surface area contributed by atoms with Crippen LogP contribution in [-0.4, -0.2) is 22.6 Å². The highest BCUT2D eigenvalue weighted by molar-refractivity contribution is 8.22. The zero-order valence-corrected chi connectivity index (χ0v) is 13.0. The summed E-state index contributed by atoms with van der Waals surface area (Å²) < 4.78 is 0.775. The highest BCUT2D eigenvalue weighted by atomic mass is 32.2. The van der Waals surface area contributed by atoms with Gasteiger partial charge >= 0.3 is 0 Å². The van der Waals surface area contributed by atoms with Crippen molar-refractivity contribution >= 4 is 45.9 Å². The minimum atomic E-state index is 0.775. The molecule has 19 heavy (non-hydrogen) atoms. The van der Waals surface area contributed by atoms with Crippen molar-refractivity contribution in [2.24, 2.45) is 5.10 Å². The fourth-order valence-corrected chi connectivity index (χ4v) is 2.89. The molecule has 0 unspecified atom stereocenters. The van der Waals surface area contributed by atoms with Crippen molar-refractivity contribution in [1.82, 2.24) is 5.01 Å². The summed E-state index contributed by atoms with van der Waals surface area (Å²) in [7, 11) is 1.88. The van der Waals surface area contributed by atoms with E-state index in [1.165, 1.54) is 5.56 Å². The van der Waals surface area contributed by atoms with E-state index in [4.69, 9.17) is 12.2 Å². The largest absolute Gasteiger partial charge is 0.252 e. The zero-order valence-electron chi connectivity index (χ0n) is 10.5. The molecule has 1 aromatic heterocycles. The molecule has 0 saturated carbocycles. The molecule has 0 N–H and O–H groups in total. The van der Waals surface area contributed by atoms with Gasteiger partial charge in [0, 0.05) is 17.7 Å². The lowest BCUT2D eigenvalue weighted by molar-refractivity contribution is 0.569. The molecule has 0 spiro atoms. The fraction of sp³-hybridized carbons (Fsp3) is 0.143. The van der Waals surface area contributed by atoms with Gasteiger partial charge in [-0.05, 0) is 17.0 Å². The van der Waals surface area contributed by atoms with E-state index in [0.717, 1.165) is 15.0 Å². The Morgan fingerprint density at radius 3 is 2.79 bits per heavy atom. The average Bonchev–Trinajstić information content (AvgIpc) is 2.96. The molecule has 0 saturated heterocycles.